The molecule has 0 aliphatic heterocycles. The van der Waals surface area contributed by atoms with Gasteiger partial charge in [-0.25, -0.2) is 4.79 Å². The Morgan fingerprint density at radius 3 is 2.15 bits per heavy atom. The Labute approximate surface area is 274 Å². The van der Waals surface area contributed by atoms with Crippen LogP contribution < -0.4 is 27.4 Å². The molecule has 0 aromatic heterocycles. The maximum Gasteiger partial charge on any atom is 0.407 e. The third-order valence-electron chi connectivity index (χ3n) is 7.52. The van der Waals surface area contributed by atoms with E-state index >= 15 is 0 Å². The number of benzene rings is 3. The number of halogens is 1. The third kappa shape index (κ3) is 11.4. The van der Waals surface area contributed by atoms with E-state index in [0.717, 1.165) is 22.3 Å². The number of rotatable bonds is 16. The quantitative estimate of drug-likeness (QED) is 0.128. The Morgan fingerprint density at radius 2 is 1.50 bits per heavy atom. The van der Waals surface area contributed by atoms with Crippen molar-refractivity contribution >= 4 is 35.4 Å². The summed E-state index contributed by atoms with van der Waals surface area (Å²) in [4.78, 5) is 51.0. The summed E-state index contributed by atoms with van der Waals surface area (Å²) in [6.45, 7) is 3.92. The van der Waals surface area contributed by atoms with Gasteiger partial charge < -0.3 is 37.3 Å². The number of unbranched alkanes of at least 4 members (excludes halogenated alkanes) is 1. The molecule has 11 nitrogen and oxygen atoms in total. The monoisotopic (exact) mass is 651 g/mol. The summed E-state index contributed by atoms with van der Waals surface area (Å²) < 4.78 is 5.21. The van der Waals surface area contributed by atoms with Gasteiger partial charge in [0, 0.05) is 23.6 Å². The van der Waals surface area contributed by atoms with Crippen molar-refractivity contribution in [1.82, 2.24) is 16.0 Å². The van der Waals surface area contributed by atoms with Crippen LogP contribution in [0.4, 0.5) is 4.79 Å². The summed E-state index contributed by atoms with van der Waals surface area (Å²) in [5.74, 6) is -1.72. The molecular formula is C34H42ClN5O6. The number of carbonyl (C=O) groups is 4. The smallest absolute Gasteiger partial charge is 0.407 e. The molecule has 0 fully saturated rings. The highest BCUT2D eigenvalue weighted by atomic mass is 35.5. The van der Waals surface area contributed by atoms with Crippen LogP contribution in [-0.4, -0.2) is 53.6 Å². The molecule has 246 valence electrons. The van der Waals surface area contributed by atoms with Crippen LogP contribution in [0.15, 0.2) is 66.7 Å². The van der Waals surface area contributed by atoms with Crippen molar-refractivity contribution < 1.29 is 29.0 Å². The standard InChI is InChI=1S/C34H42ClN5O6/c1-21-16-25(41)17-22(2)26(21)19-28(36)32(43)39-29(33(44)40-30(31(37)42)18-23-10-4-3-5-11-23)14-8-9-15-38-34(45)46-20-24-12-6-7-13-27(24)35/h3-7,10-13,16-17,28-30,41H,8-9,14-15,18-20,36H2,1-2H3,(H2,37,42)(H,38,45)(H,39,43)(H,40,44). The molecule has 0 heterocycles. The van der Waals surface area contributed by atoms with Crippen molar-refractivity contribution in [2.75, 3.05) is 6.54 Å². The molecule has 0 saturated carbocycles. The van der Waals surface area contributed by atoms with Crippen LogP contribution in [-0.2, 0) is 38.6 Å². The minimum Gasteiger partial charge on any atom is -0.508 e. The second-order valence-electron chi connectivity index (χ2n) is 11.2. The Balaban J connectivity index is 1.61. The van der Waals surface area contributed by atoms with Gasteiger partial charge in [0.05, 0.1) is 6.04 Å². The van der Waals surface area contributed by atoms with Gasteiger partial charge in [-0.2, -0.15) is 0 Å². The summed E-state index contributed by atoms with van der Waals surface area (Å²) in [6, 6.07) is 16.3. The zero-order valence-electron chi connectivity index (χ0n) is 26.1. The van der Waals surface area contributed by atoms with E-state index in [1.54, 1.807) is 36.4 Å². The maximum absolute atomic E-state index is 13.4. The predicted octanol–water partition coefficient (Wildman–Crippen LogP) is 3.33. The minimum absolute atomic E-state index is 0.0211. The molecule has 0 spiro atoms. The van der Waals surface area contributed by atoms with Gasteiger partial charge in [0.2, 0.25) is 17.7 Å². The maximum atomic E-state index is 13.4. The first-order valence-corrected chi connectivity index (χ1v) is 15.4. The van der Waals surface area contributed by atoms with Crippen LogP contribution in [0.5, 0.6) is 5.75 Å². The Hall–Kier alpha value is -4.61. The Kier molecular flexibility index (Phi) is 13.9. The number of hydrogen-bond acceptors (Lipinski definition) is 7. The van der Waals surface area contributed by atoms with Crippen LogP contribution in [0.2, 0.25) is 5.02 Å². The fourth-order valence-electron chi connectivity index (χ4n) is 4.97. The van der Waals surface area contributed by atoms with Gasteiger partial charge in [0.25, 0.3) is 0 Å². The molecule has 3 unspecified atom stereocenters. The molecule has 46 heavy (non-hydrogen) atoms. The van der Waals surface area contributed by atoms with Gasteiger partial charge in [-0.1, -0.05) is 60.1 Å². The number of carbonyl (C=O) groups excluding carboxylic acids is 4. The summed E-state index contributed by atoms with van der Waals surface area (Å²) >= 11 is 6.10. The highest BCUT2D eigenvalue weighted by Gasteiger charge is 2.28. The SMILES string of the molecule is Cc1cc(O)cc(C)c1CC(N)C(=O)NC(CCCCNC(=O)OCc1ccccc1Cl)C(=O)NC(Cc1ccccc1)C(N)=O. The zero-order valence-corrected chi connectivity index (χ0v) is 26.8. The molecule has 8 N–H and O–H groups in total. The first-order valence-electron chi connectivity index (χ1n) is 15.1. The number of phenolic OH excluding ortho intramolecular Hbond substituents is 1. The minimum atomic E-state index is -1.02. The number of phenols is 1. The summed E-state index contributed by atoms with van der Waals surface area (Å²) in [5.41, 5.74) is 15.8. The van der Waals surface area contributed by atoms with Crippen LogP contribution in [0.3, 0.4) is 0 Å². The van der Waals surface area contributed by atoms with Gasteiger partial charge in [-0.15, -0.1) is 0 Å². The number of alkyl carbamates (subject to hydrolysis) is 1. The highest BCUT2D eigenvalue weighted by molar-refractivity contribution is 6.31. The van der Waals surface area contributed by atoms with Gasteiger partial charge >= 0.3 is 6.09 Å². The van der Waals surface area contributed by atoms with E-state index in [1.165, 1.54) is 0 Å². The molecule has 0 aliphatic carbocycles. The van der Waals surface area contributed by atoms with Gasteiger partial charge in [0.1, 0.15) is 24.4 Å². The van der Waals surface area contributed by atoms with Crippen molar-refractivity contribution in [2.24, 2.45) is 11.5 Å². The second kappa shape index (κ2) is 17.8. The molecule has 3 rings (SSSR count). The molecule has 0 aliphatic rings. The lowest BCUT2D eigenvalue weighted by molar-refractivity contribution is -0.131. The number of amides is 4. The molecule has 3 aromatic rings. The fraction of sp³-hybridized carbons (Fsp3) is 0.353. The average molecular weight is 652 g/mol. The highest BCUT2D eigenvalue weighted by Crippen LogP contribution is 2.22. The van der Waals surface area contributed by atoms with Crippen molar-refractivity contribution in [2.45, 2.75) is 70.7 Å². The number of nitrogens with one attached hydrogen (secondary N) is 3. The van der Waals surface area contributed by atoms with Gasteiger partial charge in [-0.3, -0.25) is 14.4 Å². The Bertz CT molecular complexity index is 1480. The van der Waals surface area contributed by atoms with Gasteiger partial charge in [-0.05, 0) is 80.0 Å². The molecule has 3 aromatic carbocycles. The van der Waals surface area contributed by atoms with Gasteiger partial charge in [0.15, 0.2) is 0 Å². The summed E-state index contributed by atoms with van der Waals surface area (Å²) in [7, 11) is 0. The first kappa shape index (κ1) is 35.9. The normalized spacial score (nSPS) is 12.8. The molecular weight excluding hydrogens is 610 g/mol. The van der Waals surface area contributed by atoms with Crippen molar-refractivity contribution in [3.05, 3.63) is 99.6 Å². The lowest BCUT2D eigenvalue weighted by atomic mass is 9.95. The van der Waals surface area contributed by atoms with Crippen molar-refractivity contribution in [3.8, 4) is 5.75 Å². The van der Waals surface area contributed by atoms with E-state index in [1.807, 2.05) is 44.2 Å². The fourth-order valence-corrected chi connectivity index (χ4v) is 5.16. The molecule has 12 heteroatoms. The third-order valence-corrected chi connectivity index (χ3v) is 7.89. The van der Waals surface area contributed by atoms with Crippen molar-refractivity contribution in [3.63, 3.8) is 0 Å². The lowest BCUT2D eigenvalue weighted by Crippen LogP contribution is -2.56. The van der Waals surface area contributed by atoms with E-state index in [-0.39, 0.29) is 38.2 Å². The molecule has 0 bridgehead atoms. The number of nitrogens with two attached hydrogens (primary N) is 2. The largest absolute Gasteiger partial charge is 0.508 e. The van der Waals surface area contributed by atoms with E-state index in [4.69, 9.17) is 27.8 Å². The predicted molar refractivity (Wildman–Crippen MR) is 176 cm³/mol. The first-order chi connectivity index (χ1) is 21.9. The average Bonchev–Trinajstić information content (AvgIpc) is 3.01. The van der Waals surface area contributed by atoms with Crippen LogP contribution >= 0.6 is 11.6 Å². The van der Waals surface area contributed by atoms with Crippen LogP contribution in [0.1, 0.15) is 47.1 Å². The van der Waals surface area contributed by atoms with Crippen LogP contribution in [0, 0.1) is 13.8 Å². The molecule has 0 radical (unpaired) electrons. The Morgan fingerprint density at radius 1 is 0.870 bits per heavy atom. The lowest BCUT2D eigenvalue weighted by Gasteiger charge is -2.24. The zero-order chi connectivity index (χ0) is 33.6. The number of primary amides is 1. The number of ether oxygens (including phenoxy) is 1. The summed E-state index contributed by atoms with van der Waals surface area (Å²) in [6.07, 6.45) is 0.877. The number of aromatic hydroxyl groups is 1. The second-order valence-corrected chi connectivity index (χ2v) is 11.6. The van der Waals surface area contributed by atoms with Crippen LogP contribution in [0.25, 0.3) is 0 Å². The summed E-state index contributed by atoms with van der Waals surface area (Å²) in [5, 5.41) is 18.4. The van der Waals surface area contributed by atoms with E-state index in [2.05, 4.69) is 16.0 Å². The molecule has 4 amide bonds. The number of hydrogen-bond donors (Lipinski definition) is 6. The van der Waals surface area contributed by atoms with E-state index in [0.29, 0.717) is 23.4 Å². The topological polar surface area (TPSA) is 186 Å². The molecule has 0 saturated heterocycles. The van der Waals surface area contributed by atoms with Crippen molar-refractivity contribution in [1.29, 1.82) is 0 Å². The van der Waals surface area contributed by atoms with E-state index < -0.39 is 41.9 Å². The van der Waals surface area contributed by atoms with E-state index in [9.17, 15) is 24.3 Å². The number of aryl methyl sites for hydroxylation is 2. The molecule has 3 atom stereocenters.